The molecule has 2 rings (SSSR count). The number of hydrogen-bond acceptors (Lipinski definition) is 2. The molecule has 0 heterocycles. The summed E-state index contributed by atoms with van der Waals surface area (Å²) in [6.07, 6.45) is 0. The van der Waals surface area contributed by atoms with Gasteiger partial charge in [-0.25, -0.2) is 0 Å². The Morgan fingerprint density at radius 2 is 1.00 bits per heavy atom. The van der Waals surface area contributed by atoms with E-state index >= 15 is 0 Å². The summed E-state index contributed by atoms with van der Waals surface area (Å²) in [4.78, 5) is 0. The molecule has 0 saturated heterocycles. The van der Waals surface area contributed by atoms with Crippen molar-refractivity contribution in [1.82, 2.24) is 0 Å². The summed E-state index contributed by atoms with van der Waals surface area (Å²) in [7, 11) is 0. The topological polar surface area (TPSA) is 74.3 Å². The van der Waals surface area contributed by atoms with Crippen molar-refractivity contribution in [3.63, 3.8) is 0 Å². The Hall–Kier alpha value is -1.56. The number of nitrogens with zero attached hydrogens (tertiary/aromatic N) is 2. The quantitative estimate of drug-likeness (QED) is 0.448. The molecule has 21 heavy (non-hydrogen) atoms. The molecule has 0 atom stereocenters. The third-order valence-corrected chi connectivity index (χ3v) is 2.39. The molecule has 2 aromatic rings. The first-order valence-corrected chi connectivity index (χ1v) is 5.64. The smallest absolute Gasteiger partial charge is 0.873 e. The predicted molar refractivity (Wildman–Crippen MR) is 86.1 cm³/mol. The minimum atomic E-state index is -0.0956. The fraction of sp³-hybridized carbons (Fsp3) is 0.125. The third kappa shape index (κ3) is 6.62. The van der Waals surface area contributed by atoms with E-state index in [0.717, 1.165) is 0 Å². The van der Waals surface area contributed by atoms with Gasteiger partial charge in [0.15, 0.2) is 0 Å². The fourth-order valence-corrected chi connectivity index (χ4v) is 1.52. The molecule has 0 spiro atoms. The van der Waals surface area contributed by atoms with Gasteiger partial charge in [0.2, 0.25) is 0 Å². The van der Waals surface area contributed by atoms with Crippen molar-refractivity contribution in [3.05, 3.63) is 74.0 Å². The zero-order valence-electron chi connectivity index (χ0n) is 12.2. The molecule has 0 saturated carbocycles. The van der Waals surface area contributed by atoms with Crippen LogP contribution in [0.3, 0.4) is 0 Å². The maximum absolute atomic E-state index is 11.4. The van der Waals surface area contributed by atoms with Crippen LogP contribution < -0.4 is 10.2 Å². The maximum atomic E-state index is 11.4. The van der Waals surface area contributed by atoms with Gasteiger partial charge in [0.25, 0.3) is 0 Å². The molecule has 0 N–H and O–H groups in total. The molecule has 0 amide bonds. The molecule has 110 valence electrons. The first-order chi connectivity index (χ1) is 8.77. The van der Waals surface area contributed by atoms with Gasteiger partial charge in [-0.15, -0.1) is 36.0 Å². The van der Waals surface area contributed by atoms with Crippen molar-refractivity contribution in [2.75, 3.05) is 13.1 Å². The van der Waals surface area contributed by atoms with Crippen LogP contribution in [0.25, 0.3) is 10.6 Å². The van der Waals surface area contributed by atoms with E-state index in [4.69, 9.17) is 0 Å². The van der Waals surface area contributed by atoms with Gasteiger partial charge in [-0.05, 0) is 0 Å². The Kier molecular flexibility index (Phi) is 11.5. The first-order valence-electron chi connectivity index (χ1n) is 5.64. The Bertz CT molecular complexity index is 474. The van der Waals surface area contributed by atoms with E-state index in [9.17, 15) is 10.2 Å². The molecular weight excluding hydrogens is 371 g/mol. The Morgan fingerprint density at radius 3 is 1.33 bits per heavy atom. The fourth-order valence-electron chi connectivity index (χ4n) is 1.52. The largest absolute Gasteiger partial charge is 4.00 e. The molecule has 0 bridgehead atoms. The van der Waals surface area contributed by atoms with Crippen LogP contribution >= 0.6 is 0 Å². The van der Waals surface area contributed by atoms with Gasteiger partial charge in [0.05, 0.1) is 0 Å². The maximum Gasteiger partial charge on any atom is 4.00 e. The minimum absolute atomic E-state index is 0. The second kappa shape index (κ2) is 11.1. The average Bonchev–Trinajstić information content (AvgIpc) is 2.38. The van der Waals surface area contributed by atoms with Crippen LogP contribution in [-0.2, 0) is 0 Å². The van der Waals surface area contributed by atoms with Gasteiger partial charge in [0, 0.05) is 0 Å². The molecule has 0 unspecified atom stereocenters. The Morgan fingerprint density at radius 1 is 0.667 bits per heavy atom. The predicted octanol–water partition coefficient (Wildman–Crippen LogP) is 3.06. The van der Waals surface area contributed by atoms with Crippen molar-refractivity contribution in [2.45, 2.75) is 0 Å². The summed E-state index contributed by atoms with van der Waals surface area (Å²) in [5, 5.41) is 31.0. The van der Waals surface area contributed by atoms with Crippen LogP contribution in [0.2, 0.25) is 0 Å². The third-order valence-electron chi connectivity index (χ3n) is 2.39. The van der Waals surface area contributed by atoms with Gasteiger partial charge >= 0.3 is 23.9 Å². The first kappa shape index (κ1) is 21.7. The summed E-state index contributed by atoms with van der Waals surface area (Å²) in [5.41, 5.74) is 0.867. The van der Waals surface area contributed by atoms with Gasteiger partial charge in [-0.3, -0.25) is 0 Å². The SMILES string of the molecule is [CH3-].[CH3-].[O-]c1ccccc1[N-]CC[N-]c1ccccc1[O-].[Sn+4]. The van der Waals surface area contributed by atoms with Crippen molar-refractivity contribution >= 4 is 35.3 Å². The molecule has 0 fully saturated rings. The molecule has 0 aliphatic carbocycles. The van der Waals surface area contributed by atoms with Crippen molar-refractivity contribution in [3.8, 4) is 11.5 Å². The molecule has 2 aromatic carbocycles. The number of hydrogen-bond donors (Lipinski definition) is 0. The minimum Gasteiger partial charge on any atom is -0.873 e. The molecule has 0 aliphatic rings. The van der Waals surface area contributed by atoms with Gasteiger partial charge in [-0.2, -0.15) is 0 Å². The van der Waals surface area contributed by atoms with Gasteiger partial charge < -0.3 is 35.7 Å². The van der Waals surface area contributed by atoms with E-state index < -0.39 is 0 Å². The monoisotopic (exact) mass is 390 g/mol. The molecule has 5 heteroatoms. The summed E-state index contributed by atoms with van der Waals surface area (Å²) in [5.74, 6) is -0.191. The summed E-state index contributed by atoms with van der Waals surface area (Å²) < 4.78 is 0. The number of rotatable bonds is 5. The van der Waals surface area contributed by atoms with E-state index in [1.165, 1.54) is 12.1 Å². The zero-order valence-corrected chi connectivity index (χ0v) is 15.1. The van der Waals surface area contributed by atoms with Crippen LogP contribution in [0.15, 0.2) is 48.5 Å². The summed E-state index contributed by atoms with van der Waals surface area (Å²) in [6, 6.07) is 13.2. The van der Waals surface area contributed by atoms with Crippen molar-refractivity contribution < 1.29 is 10.2 Å². The van der Waals surface area contributed by atoms with Crippen molar-refractivity contribution in [1.29, 1.82) is 0 Å². The van der Waals surface area contributed by atoms with E-state index in [1.54, 1.807) is 36.4 Å². The summed E-state index contributed by atoms with van der Waals surface area (Å²) >= 11 is 0. The van der Waals surface area contributed by atoms with E-state index in [2.05, 4.69) is 10.6 Å². The number of para-hydroxylation sites is 4. The molecule has 0 aliphatic heterocycles. The average molecular weight is 389 g/mol. The van der Waals surface area contributed by atoms with Gasteiger partial charge in [0.1, 0.15) is 0 Å². The Labute approximate surface area is 144 Å². The Balaban J connectivity index is 0. The summed E-state index contributed by atoms with van der Waals surface area (Å²) in [6.45, 7) is 0.793. The number of benzene rings is 2. The van der Waals surface area contributed by atoms with Crippen LogP contribution in [0.1, 0.15) is 0 Å². The second-order valence-corrected chi connectivity index (χ2v) is 3.70. The van der Waals surface area contributed by atoms with Crippen LogP contribution in [-0.4, -0.2) is 37.0 Å². The zero-order chi connectivity index (χ0) is 12.8. The standard InChI is InChI=1S/C14H14N2O2.2CH3.Sn/c17-13-7-3-1-5-11(13)15-9-10-16-12-6-2-4-8-14(12)18;;;/h1-8,17-18H,9-10H2;2*1H3;/q-2;2*-1;+4/p-2. The van der Waals surface area contributed by atoms with Crippen LogP contribution in [0.5, 0.6) is 11.5 Å². The second-order valence-electron chi connectivity index (χ2n) is 3.70. The van der Waals surface area contributed by atoms with Crippen LogP contribution in [0, 0.1) is 14.9 Å². The van der Waals surface area contributed by atoms with Gasteiger partial charge in [-0.1, -0.05) is 48.5 Å². The normalized spacial score (nSPS) is 8.57. The van der Waals surface area contributed by atoms with E-state index in [1.807, 2.05) is 0 Å². The molecule has 0 aromatic heterocycles. The van der Waals surface area contributed by atoms with E-state index in [0.29, 0.717) is 24.5 Å². The van der Waals surface area contributed by atoms with E-state index in [-0.39, 0.29) is 50.3 Å². The van der Waals surface area contributed by atoms with Crippen LogP contribution in [0.4, 0.5) is 11.4 Å². The molecule has 4 nitrogen and oxygen atoms in total. The van der Waals surface area contributed by atoms with Crippen molar-refractivity contribution in [2.24, 2.45) is 0 Å². The molecular formula is C16H18N2O2Sn-2. The molecule has 0 radical (unpaired) electrons.